The van der Waals surface area contributed by atoms with Crippen LogP contribution in [0, 0.1) is 0 Å². The van der Waals surface area contributed by atoms with E-state index >= 15 is 0 Å². The number of hydrogen-bond donors (Lipinski definition) is 0. The number of rotatable bonds is 8. The van der Waals surface area contributed by atoms with Crippen molar-refractivity contribution in [2.45, 2.75) is 52.0 Å². The molecule has 3 nitrogen and oxygen atoms in total. The van der Waals surface area contributed by atoms with E-state index < -0.39 is 0 Å². The highest BCUT2D eigenvalue weighted by atomic mass is 16.5. The van der Waals surface area contributed by atoms with E-state index in [0.29, 0.717) is 6.04 Å². The molecule has 0 aliphatic carbocycles. The van der Waals surface area contributed by atoms with Gasteiger partial charge >= 0.3 is 0 Å². The molecule has 1 aromatic rings. The van der Waals surface area contributed by atoms with Crippen molar-refractivity contribution in [2.75, 3.05) is 26.8 Å². The SMILES string of the molecule is CCCCN(CCCC)[C@H]1COc2c(cccc2OC)C1. The third-order valence-corrected chi connectivity index (χ3v) is 4.27. The van der Waals surface area contributed by atoms with Gasteiger partial charge in [-0.2, -0.15) is 0 Å². The third-order valence-electron chi connectivity index (χ3n) is 4.27. The quantitative estimate of drug-likeness (QED) is 0.725. The Morgan fingerprint density at radius 1 is 1.19 bits per heavy atom. The highest BCUT2D eigenvalue weighted by molar-refractivity contribution is 5.48. The van der Waals surface area contributed by atoms with Gasteiger partial charge in [0.25, 0.3) is 0 Å². The minimum atomic E-state index is 0.503. The zero-order valence-electron chi connectivity index (χ0n) is 13.7. The van der Waals surface area contributed by atoms with Crippen LogP contribution in [0.1, 0.15) is 45.1 Å². The van der Waals surface area contributed by atoms with Gasteiger partial charge in [-0.1, -0.05) is 38.8 Å². The average molecular weight is 291 g/mol. The molecule has 0 aromatic heterocycles. The maximum atomic E-state index is 6.03. The summed E-state index contributed by atoms with van der Waals surface area (Å²) in [6, 6.07) is 6.71. The number of nitrogens with zero attached hydrogens (tertiary/aromatic N) is 1. The summed E-state index contributed by atoms with van der Waals surface area (Å²) in [4.78, 5) is 2.62. The first-order valence-corrected chi connectivity index (χ1v) is 8.32. The maximum Gasteiger partial charge on any atom is 0.164 e. The van der Waals surface area contributed by atoms with Crippen LogP contribution in [0.15, 0.2) is 18.2 Å². The van der Waals surface area contributed by atoms with Crippen LogP contribution in [0.25, 0.3) is 0 Å². The first-order chi connectivity index (χ1) is 10.3. The first kappa shape index (κ1) is 16.2. The maximum absolute atomic E-state index is 6.03. The van der Waals surface area contributed by atoms with Crippen LogP contribution in [0.4, 0.5) is 0 Å². The molecular weight excluding hydrogens is 262 g/mol. The Bertz CT molecular complexity index is 425. The van der Waals surface area contributed by atoms with Crippen LogP contribution in [0.5, 0.6) is 11.5 Å². The van der Waals surface area contributed by atoms with Crippen LogP contribution < -0.4 is 9.47 Å². The summed E-state index contributed by atoms with van der Waals surface area (Å²) in [5, 5.41) is 0. The normalized spacial score (nSPS) is 17.4. The summed E-state index contributed by atoms with van der Waals surface area (Å²) in [7, 11) is 1.71. The molecule has 21 heavy (non-hydrogen) atoms. The Labute approximate surface area is 129 Å². The third kappa shape index (κ3) is 4.13. The Balaban J connectivity index is 2.06. The van der Waals surface area contributed by atoms with Gasteiger partial charge in [0.15, 0.2) is 11.5 Å². The van der Waals surface area contributed by atoms with Crippen molar-refractivity contribution in [3.63, 3.8) is 0 Å². The van der Waals surface area contributed by atoms with E-state index in [1.54, 1.807) is 7.11 Å². The van der Waals surface area contributed by atoms with E-state index in [-0.39, 0.29) is 0 Å². The number of hydrogen-bond acceptors (Lipinski definition) is 3. The summed E-state index contributed by atoms with van der Waals surface area (Å²) in [5.41, 5.74) is 1.28. The molecule has 0 unspecified atom stereocenters. The summed E-state index contributed by atoms with van der Waals surface area (Å²) >= 11 is 0. The fourth-order valence-electron chi connectivity index (χ4n) is 2.97. The van der Waals surface area contributed by atoms with Crippen molar-refractivity contribution in [1.29, 1.82) is 0 Å². The van der Waals surface area contributed by atoms with E-state index in [9.17, 15) is 0 Å². The fourth-order valence-corrected chi connectivity index (χ4v) is 2.97. The van der Waals surface area contributed by atoms with Gasteiger partial charge in [0.1, 0.15) is 6.61 Å². The molecule has 3 heteroatoms. The fraction of sp³-hybridized carbons (Fsp3) is 0.667. The van der Waals surface area contributed by atoms with Crippen LogP contribution in [0.2, 0.25) is 0 Å². The van der Waals surface area contributed by atoms with Gasteiger partial charge in [0.2, 0.25) is 0 Å². The van der Waals surface area contributed by atoms with E-state index in [1.807, 2.05) is 6.07 Å². The lowest BCUT2D eigenvalue weighted by molar-refractivity contribution is 0.113. The zero-order valence-corrected chi connectivity index (χ0v) is 13.7. The number of unbranched alkanes of at least 4 members (excludes halogenated alkanes) is 2. The van der Waals surface area contributed by atoms with Gasteiger partial charge < -0.3 is 9.47 Å². The molecule has 0 fully saturated rings. The Morgan fingerprint density at radius 3 is 2.52 bits per heavy atom. The second-order valence-corrected chi connectivity index (χ2v) is 5.86. The van der Waals surface area contributed by atoms with Crippen molar-refractivity contribution in [2.24, 2.45) is 0 Å². The van der Waals surface area contributed by atoms with E-state index in [4.69, 9.17) is 9.47 Å². The Hall–Kier alpha value is -1.22. The number of fused-ring (bicyclic) bond motifs is 1. The Kier molecular flexibility index (Phi) is 6.37. The second kappa shape index (κ2) is 8.28. The van der Waals surface area contributed by atoms with Crippen molar-refractivity contribution in [1.82, 2.24) is 4.90 Å². The topological polar surface area (TPSA) is 21.7 Å². The number of benzene rings is 1. The minimum Gasteiger partial charge on any atom is -0.493 e. The molecule has 0 saturated carbocycles. The van der Waals surface area contributed by atoms with Gasteiger partial charge in [0.05, 0.1) is 7.11 Å². The van der Waals surface area contributed by atoms with Gasteiger partial charge in [-0.25, -0.2) is 0 Å². The number of methoxy groups -OCH3 is 1. The lowest BCUT2D eigenvalue weighted by Crippen LogP contribution is -2.44. The van der Waals surface area contributed by atoms with Crippen molar-refractivity contribution in [3.8, 4) is 11.5 Å². The molecule has 0 spiro atoms. The predicted octanol–water partition coefficient (Wildman–Crippen LogP) is 3.90. The van der Waals surface area contributed by atoms with E-state index in [1.165, 1.54) is 44.3 Å². The molecule has 0 radical (unpaired) electrons. The summed E-state index contributed by atoms with van der Waals surface area (Å²) in [6.07, 6.45) is 6.11. The number of para-hydroxylation sites is 1. The summed E-state index contributed by atoms with van der Waals surface area (Å²) in [6.45, 7) is 7.67. The molecular formula is C18H29NO2. The van der Waals surface area contributed by atoms with Crippen LogP contribution >= 0.6 is 0 Å². The molecule has 0 saturated heterocycles. The Morgan fingerprint density at radius 2 is 1.90 bits per heavy atom. The van der Waals surface area contributed by atoms with Gasteiger partial charge in [-0.05, 0) is 44.0 Å². The molecule has 2 rings (SSSR count). The van der Waals surface area contributed by atoms with Crippen LogP contribution in [0.3, 0.4) is 0 Å². The monoisotopic (exact) mass is 291 g/mol. The first-order valence-electron chi connectivity index (χ1n) is 8.32. The standard InChI is InChI=1S/C18H29NO2/c1-4-6-11-19(12-7-5-2)16-13-15-9-8-10-17(20-3)18(15)21-14-16/h8-10,16H,4-7,11-14H2,1-3H3/t16-/m1/s1. The van der Waals surface area contributed by atoms with Gasteiger partial charge in [-0.15, -0.1) is 0 Å². The molecule has 0 bridgehead atoms. The summed E-state index contributed by atoms with van der Waals surface area (Å²) < 4.78 is 11.4. The molecule has 0 N–H and O–H groups in total. The molecule has 1 aliphatic rings. The van der Waals surface area contributed by atoms with Gasteiger partial charge in [-0.3, -0.25) is 4.90 Å². The smallest absolute Gasteiger partial charge is 0.164 e. The molecule has 1 aromatic carbocycles. The van der Waals surface area contributed by atoms with Crippen molar-refractivity contribution >= 4 is 0 Å². The van der Waals surface area contributed by atoms with Crippen LogP contribution in [-0.4, -0.2) is 37.7 Å². The predicted molar refractivity (Wildman–Crippen MR) is 87.4 cm³/mol. The largest absolute Gasteiger partial charge is 0.493 e. The van der Waals surface area contributed by atoms with Gasteiger partial charge in [0, 0.05) is 6.04 Å². The molecule has 1 aliphatic heterocycles. The molecule has 1 heterocycles. The lowest BCUT2D eigenvalue weighted by atomic mass is 10.00. The number of ether oxygens (including phenoxy) is 2. The highest BCUT2D eigenvalue weighted by Crippen LogP contribution is 2.35. The van der Waals surface area contributed by atoms with E-state index in [0.717, 1.165) is 24.5 Å². The minimum absolute atomic E-state index is 0.503. The molecule has 0 amide bonds. The molecule has 1 atom stereocenters. The lowest BCUT2D eigenvalue weighted by Gasteiger charge is -2.35. The average Bonchev–Trinajstić information content (AvgIpc) is 2.54. The highest BCUT2D eigenvalue weighted by Gasteiger charge is 2.26. The van der Waals surface area contributed by atoms with Crippen LogP contribution in [-0.2, 0) is 6.42 Å². The van der Waals surface area contributed by atoms with Crippen molar-refractivity contribution in [3.05, 3.63) is 23.8 Å². The molecule has 118 valence electrons. The van der Waals surface area contributed by atoms with Crippen molar-refractivity contribution < 1.29 is 9.47 Å². The second-order valence-electron chi connectivity index (χ2n) is 5.86. The van der Waals surface area contributed by atoms with E-state index in [2.05, 4.69) is 30.9 Å². The summed E-state index contributed by atoms with van der Waals surface area (Å²) in [5.74, 6) is 1.81. The zero-order chi connectivity index (χ0) is 15.1.